The lowest BCUT2D eigenvalue weighted by Gasteiger charge is -2.13. The molecule has 0 saturated heterocycles. The minimum Gasteiger partial charge on any atom is -0.455 e. The van der Waals surface area contributed by atoms with Gasteiger partial charge < -0.3 is 10.1 Å². The molecule has 0 spiro atoms. The standard InChI is InChI=1S/C23H22N2O4S/c1-16-6-12-19(13-7-16)29-22-5-3-2-4-21(22)24-23(26)17-8-14-20(15-9-17)30(27,28)25-18-10-11-18/h2-9,12-15,18,25H,10-11H2,1H3,(H,24,26). The van der Waals surface area contributed by atoms with Crippen LogP contribution in [0.15, 0.2) is 77.7 Å². The van der Waals surface area contributed by atoms with Gasteiger partial charge in [0.05, 0.1) is 10.6 Å². The number of benzene rings is 3. The molecule has 3 aromatic rings. The van der Waals surface area contributed by atoms with Crippen molar-refractivity contribution in [2.45, 2.75) is 30.7 Å². The summed E-state index contributed by atoms with van der Waals surface area (Å²) in [4.78, 5) is 12.8. The van der Waals surface area contributed by atoms with Crippen LogP contribution in [0.2, 0.25) is 0 Å². The van der Waals surface area contributed by atoms with Gasteiger partial charge in [-0.2, -0.15) is 0 Å². The van der Waals surface area contributed by atoms with E-state index in [9.17, 15) is 13.2 Å². The van der Waals surface area contributed by atoms with Crippen LogP contribution in [-0.4, -0.2) is 20.4 Å². The molecule has 0 bridgehead atoms. The van der Waals surface area contributed by atoms with Crippen LogP contribution >= 0.6 is 0 Å². The van der Waals surface area contributed by atoms with Crippen LogP contribution in [-0.2, 0) is 10.0 Å². The Hall–Kier alpha value is -3.16. The van der Waals surface area contributed by atoms with Gasteiger partial charge in [0.1, 0.15) is 5.75 Å². The van der Waals surface area contributed by atoms with E-state index in [4.69, 9.17) is 4.74 Å². The fourth-order valence-corrected chi connectivity index (χ4v) is 4.17. The molecule has 0 atom stereocenters. The van der Waals surface area contributed by atoms with Crippen molar-refractivity contribution in [3.8, 4) is 11.5 Å². The smallest absolute Gasteiger partial charge is 0.255 e. The molecule has 3 aromatic carbocycles. The van der Waals surface area contributed by atoms with Crippen LogP contribution in [0.4, 0.5) is 5.69 Å². The number of sulfonamides is 1. The summed E-state index contributed by atoms with van der Waals surface area (Å²) < 4.78 is 33.1. The lowest BCUT2D eigenvalue weighted by atomic mass is 10.2. The molecule has 30 heavy (non-hydrogen) atoms. The minimum atomic E-state index is -3.54. The fourth-order valence-electron chi connectivity index (χ4n) is 2.86. The maximum atomic E-state index is 12.7. The molecule has 1 fully saturated rings. The number of carbonyl (C=O) groups excluding carboxylic acids is 1. The zero-order valence-electron chi connectivity index (χ0n) is 16.5. The molecule has 0 radical (unpaired) electrons. The normalized spacial score (nSPS) is 13.6. The van der Waals surface area contributed by atoms with Crippen LogP contribution in [0.25, 0.3) is 0 Å². The van der Waals surface area contributed by atoms with Gasteiger partial charge in [-0.05, 0) is 68.3 Å². The predicted octanol–water partition coefficient (Wildman–Crippen LogP) is 4.48. The lowest BCUT2D eigenvalue weighted by Crippen LogP contribution is -2.25. The van der Waals surface area contributed by atoms with Gasteiger partial charge in [0, 0.05) is 11.6 Å². The van der Waals surface area contributed by atoms with Crippen molar-refractivity contribution in [3.05, 3.63) is 83.9 Å². The van der Waals surface area contributed by atoms with Crippen molar-refractivity contribution in [2.24, 2.45) is 0 Å². The highest BCUT2D eigenvalue weighted by Gasteiger charge is 2.28. The Morgan fingerprint density at radius 3 is 2.27 bits per heavy atom. The first-order valence-corrected chi connectivity index (χ1v) is 11.2. The third-order valence-electron chi connectivity index (χ3n) is 4.71. The number of carbonyl (C=O) groups is 1. The van der Waals surface area contributed by atoms with E-state index in [-0.39, 0.29) is 16.8 Å². The zero-order valence-corrected chi connectivity index (χ0v) is 17.3. The predicted molar refractivity (Wildman–Crippen MR) is 115 cm³/mol. The van der Waals surface area contributed by atoms with Gasteiger partial charge in [-0.3, -0.25) is 4.79 Å². The number of ether oxygens (including phenoxy) is 1. The molecule has 1 aliphatic carbocycles. The Morgan fingerprint density at radius 1 is 0.933 bits per heavy atom. The highest BCUT2D eigenvalue weighted by Crippen LogP contribution is 2.30. The van der Waals surface area contributed by atoms with Crippen molar-refractivity contribution in [2.75, 3.05) is 5.32 Å². The Kier molecular flexibility index (Phi) is 5.57. The molecule has 0 aromatic heterocycles. The second-order valence-corrected chi connectivity index (χ2v) is 9.00. The van der Waals surface area contributed by atoms with Crippen molar-refractivity contribution in [1.29, 1.82) is 0 Å². The molecule has 7 heteroatoms. The quantitative estimate of drug-likeness (QED) is 0.588. The number of anilines is 1. The maximum absolute atomic E-state index is 12.7. The van der Waals surface area contributed by atoms with E-state index in [1.165, 1.54) is 24.3 Å². The van der Waals surface area contributed by atoms with Crippen LogP contribution in [0.1, 0.15) is 28.8 Å². The SMILES string of the molecule is Cc1ccc(Oc2ccccc2NC(=O)c2ccc(S(=O)(=O)NC3CC3)cc2)cc1. The molecule has 1 saturated carbocycles. The van der Waals surface area contributed by atoms with Gasteiger partial charge in [0.15, 0.2) is 5.75 Å². The summed E-state index contributed by atoms with van der Waals surface area (Å²) in [5, 5.41) is 2.83. The first-order valence-electron chi connectivity index (χ1n) is 9.68. The average Bonchev–Trinajstić information content (AvgIpc) is 3.54. The monoisotopic (exact) mass is 422 g/mol. The van der Waals surface area contributed by atoms with Crippen molar-refractivity contribution >= 4 is 21.6 Å². The second-order valence-electron chi connectivity index (χ2n) is 7.29. The summed E-state index contributed by atoms with van der Waals surface area (Å²) in [6.45, 7) is 2.00. The van der Waals surface area contributed by atoms with Crippen molar-refractivity contribution in [3.63, 3.8) is 0 Å². The third-order valence-corrected chi connectivity index (χ3v) is 6.25. The topological polar surface area (TPSA) is 84.5 Å². The molecule has 2 N–H and O–H groups in total. The lowest BCUT2D eigenvalue weighted by molar-refractivity contribution is 0.102. The van der Waals surface area contributed by atoms with Crippen LogP contribution < -0.4 is 14.8 Å². The number of hydrogen-bond acceptors (Lipinski definition) is 4. The summed E-state index contributed by atoms with van der Waals surface area (Å²) in [6.07, 6.45) is 1.73. The van der Waals surface area contributed by atoms with E-state index in [1.807, 2.05) is 37.3 Å². The Labute approximate surface area is 176 Å². The molecule has 4 rings (SSSR count). The molecule has 0 heterocycles. The molecular formula is C23H22N2O4S. The zero-order chi connectivity index (χ0) is 21.1. The highest BCUT2D eigenvalue weighted by atomic mass is 32.2. The van der Waals surface area contributed by atoms with Gasteiger partial charge in [0.25, 0.3) is 5.91 Å². The average molecular weight is 423 g/mol. The van der Waals surface area contributed by atoms with Gasteiger partial charge in [-0.25, -0.2) is 13.1 Å². The summed E-state index contributed by atoms with van der Waals surface area (Å²) in [5.41, 5.74) is 2.00. The van der Waals surface area contributed by atoms with E-state index < -0.39 is 10.0 Å². The molecule has 154 valence electrons. The van der Waals surface area contributed by atoms with Gasteiger partial charge in [-0.1, -0.05) is 29.8 Å². The summed E-state index contributed by atoms with van der Waals surface area (Å²) in [6, 6.07) is 20.7. The minimum absolute atomic E-state index is 0.0306. The first kappa shape index (κ1) is 20.1. The van der Waals surface area contributed by atoms with Gasteiger partial charge in [-0.15, -0.1) is 0 Å². The van der Waals surface area contributed by atoms with Crippen LogP contribution in [0.3, 0.4) is 0 Å². The fraction of sp³-hybridized carbons (Fsp3) is 0.174. The van der Waals surface area contributed by atoms with Crippen molar-refractivity contribution < 1.29 is 17.9 Å². The van der Waals surface area contributed by atoms with Crippen LogP contribution in [0.5, 0.6) is 11.5 Å². The maximum Gasteiger partial charge on any atom is 0.255 e. The Balaban J connectivity index is 1.48. The second kappa shape index (κ2) is 8.30. The van der Waals surface area contributed by atoms with E-state index >= 15 is 0 Å². The first-order chi connectivity index (χ1) is 14.4. The molecular weight excluding hydrogens is 400 g/mol. The van der Waals surface area contributed by atoms with Crippen LogP contribution in [0, 0.1) is 6.92 Å². The number of amides is 1. The van der Waals surface area contributed by atoms with Crippen molar-refractivity contribution in [1.82, 2.24) is 4.72 Å². The van der Waals surface area contributed by atoms with Gasteiger partial charge in [0.2, 0.25) is 10.0 Å². The third kappa shape index (κ3) is 4.87. The number of hydrogen-bond donors (Lipinski definition) is 2. The Morgan fingerprint density at radius 2 is 1.60 bits per heavy atom. The number of nitrogens with one attached hydrogen (secondary N) is 2. The van der Waals surface area contributed by atoms with E-state index in [0.29, 0.717) is 22.7 Å². The molecule has 0 unspecified atom stereocenters. The molecule has 1 aliphatic rings. The van der Waals surface area contributed by atoms with Gasteiger partial charge >= 0.3 is 0 Å². The highest BCUT2D eigenvalue weighted by molar-refractivity contribution is 7.89. The summed E-state index contributed by atoms with van der Waals surface area (Å²) >= 11 is 0. The molecule has 0 aliphatic heterocycles. The van der Waals surface area contributed by atoms with E-state index in [2.05, 4.69) is 10.0 Å². The number of aryl methyl sites for hydroxylation is 1. The van der Waals surface area contributed by atoms with E-state index in [1.54, 1.807) is 18.2 Å². The largest absolute Gasteiger partial charge is 0.455 e. The summed E-state index contributed by atoms with van der Waals surface area (Å²) in [7, 11) is -3.54. The summed E-state index contributed by atoms with van der Waals surface area (Å²) in [5.74, 6) is 0.830. The number of rotatable bonds is 7. The Bertz CT molecular complexity index is 1150. The number of para-hydroxylation sites is 2. The molecule has 6 nitrogen and oxygen atoms in total. The molecule has 1 amide bonds. The van der Waals surface area contributed by atoms with E-state index in [0.717, 1.165) is 18.4 Å².